The summed E-state index contributed by atoms with van der Waals surface area (Å²) >= 11 is 0. The number of rotatable bonds is 30. The fourth-order valence-electron chi connectivity index (χ4n) is 4.55. The van der Waals surface area contributed by atoms with Gasteiger partial charge >= 0.3 is 5.97 Å². The quantitative estimate of drug-likeness (QED) is 0.0768. The normalized spacial score (nSPS) is 12.2. The molecule has 36 heavy (non-hydrogen) atoms. The molecule has 0 amide bonds. The topological polar surface area (TPSA) is 65.0 Å². The van der Waals surface area contributed by atoms with Crippen LogP contribution in [0.25, 0.3) is 0 Å². The molecule has 0 aromatic rings. The summed E-state index contributed by atoms with van der Waals surface area (Å²) in [5, 5.41) is 9.52. The van der Waals surface area contributed by atoms with Crippen molar-refractivity contribution in [2.75, 3.05) is 33.5 Å². The molecule has 0 heterocycles. The van der Waals surface area contributed by atoms with Crippen molar-refractivity contribution in [3.8, 4) is 0 Å². The van der Waals surface area contributed by atoms with E-state index in [9.17, 15) is 9.90 Å². The minimum atomic E-state index is -0.183. The maximum absolute atomic E-state index is 11.0. The number of aliphatic hydroxyl groups is 1. The minimum Gasteiger partial charge on any atom is -0.469 e. The lowest BCUT2D eigenvalue weighted by Gasteiger charge is -2.15. The fourth-order valence-corrected chi connectivity index (χ4v) is 4.55. The third kappa shape index (κ3) is 27.9. The molecule has 0 bridgehead atoms. The maximum atomic E-state index is 11.0. The molecule has 216 valence electrons. The van der Waals surface area contributed by atoms with Gasteiger partial charge in [-0.25, -0.2) is 0 Å². The summed E-state index contributed by atoms with van der Waals surface area (Å²) in [7, 11) is 1.45. The van der Waals surface area contributed by atoms with Crippen molar-refractivity contribution >= 4 is 5.97 Å². The van der Waals surface area contributed by atoms with Gasteiger partial charge in [0.1, 0.15) is 6.10 Å². The van der Waals surface area contributed by atoms with E-state index < -0.39 is 0 Å². The van der Waals surface area contributed by atoms with Gasteiger partial charge in [-0.1, -0.05) is 129 Å². The second kappa shape index (κ2) is 30.6. The van der Waals surface area contributed by atoms with Crippen LogP contribution in [0.3, 0.4) is 0 Å². The SMILES string of the molecule is CCCCCCCCCCCCCCCCO[C@H](CO)COCCCCCCCCCCC(=O)OC. The van der Waals surface area contributed by atoms with Gasteiger partial charge in [-0.05, 0) is 19.3 Å². The highest BCUT2D eigenvalue weighted by Gasteiger charge is 2.07. The largest absolute Gasteiger partial charge is 0.469 e. The Hall–Kier alpha value is -0.650. The van der Waals surface area contributed by atoms with Gasteiger partial charge in [0.05, 0.1) is 20.3 Å². The van der Waals surface area contributed by atoms with Crippen molar-refractivity contribution in [2.24, 2.45) is 0 Å². The molecule has 0 aromatic heterocycles. The highest BCUT2D eigenvalue weighted by Crippen LogP contribution is 2.13. The van der Waals surface area contributed by atoms with Gasteiger partial charge in [-0.3, -0.25) is 4.79 Å². The van der Waals surface area contributed by atoms with E-state index in [4.69, 9.17) is 9.47 Å². The van der Waals surface area contributed by atoms with Crippen LogP contribution in [0.2, 0.25) is 0 Å². The molecule has 0 saturated carbocycles. The number of aliphatic hydroxyl groups excluding tert-OH is 1. The predicted octanol–water partition coefficient (Wildman–Crippen LogP) is 8.55. The molecular formula is C31H62O5. The van der Waals surface area contributed by atoms with Crippen LogP contribution in [-0.2, 0) is 19.0 Å². The summed E-state index contributed by atoms with van der Waals surface area (Å²) in [6, 6.07) is 0. The van der Waals surface area contributed by atoms with Gasteiger partial charge in [-0.2, -0.15) is 0 Å². The zero-order valence-corrected chi connectivity index (χ0v) is 24.2. The summed E-state index contributed by atoms with van der Waals surface area (Å²) in [6.07, 6.45) is 28.6. The molecule has 0 rings (SSSR count). The lowest BCUT2D eigenvalue weighted by atomic mass is 10.0. The molecule has 5 heteroatoms. The van der Waals surface area contributed by atoms with E-state index in [1.165, 1.54) is 123 Å². The lowest BCUT2D eigenvalue weighted by molar-refractivity contribution is -0.140. The molecule has 0 saturated heterocycles. The van der Waals surface area contributed by atoms with E-state index in [1.54, 1.807) is 0 Å². The Morgan fingerprint density at radius 3 is 1.47 bits per heavy atom. The highest BCUT2D eigenvalue weighted by atomic mass is 16.5. The summed E-state index contributed by atoms with van der Waals surface area (Å²) in [4.78, 5) is 11.0. The minimum absolute atomic E-state index is 0.0363. The Kier molecular flexibility index (Phi) is 30.0. The second-order valence-corrected chi connectivity index (χ2v) is 10.5. The number of carbonyl (C=O) groups is 1. The van der Waals surface area contributed by atoms with Crippen LogP contribution in [0.1, 0.15) is 155 Å². The number of carbonyl (C=O) groups excluding carboxylic acids is 1. The van der Waals surface area contributed by atoms with Gasteiger partial charge in [0.2, 0.25) is 0 Å². The standard InChI is InChI=1S/C31H62O5/c1-3-4-5-6-7-8-9-10-11-12-14-18-21-24-27-36-30(28-32)29-35-26-23-20-17-15-13-16-19-22-25-31(33)34-2/h30,32H,3-29H2,1-2H3/t30-/m1/s1. The summed E-state index contributed by atoms with van der Waals surface area (Å²) < 4.78 is 16.2. The Bertz CT molecular complexity index is 429. The van der Waals surface area contributed by atoms with E-state index in [2.05, 4.69) is 11.7 Å². The van der Waals surface area contributed by atoms with Crippen molar-refractivity contribution < 1.29 is 24.1 Å². The van der Waals surface area contributed by atoms with Gasteiger partial charge in [0.25, 0.3) is 0 Å². The van der Waals surface area contributed by atoms with Crippen LogP contribution in [0.5, 0.6) is 0 Å². The van der Waals surface area contributed by atoms with Crippen molar-refractivity contribution in [2.45, 2.75) is 161 Å². The molecule has 1 atom stereocenters. The number of hydrogen-bond donors (Lipinski definition) is 1. The molecule has 0 aliphatic rings. The van der Waals surface area contributed by atoms with Gasteiger partial charge in [-0.15, -0.1) is 0 Å². The van der Waals surface area contributed by atoms with Crippen molar-refractivity contribution in [1.82, 2.24) is 0 Å². The summed E-state index contributed by atoms with van der Waals surface area (Å²) in [5.74, 6) is -0.0985. The third-order valence-corrected chi connectivity index (χ3v) is 7.01. The number of ether oxygens (including phenoxy) is 3. The Balaban J connectivity index is 3.28. The molecular weight excluding hydrogens is 452 g/mol. The molecule has 0 fully saturated rings. The third-order valence-electron chi connectivity index (χ3n) is 7.01. The van der Waals surface area contributed by atoms with E-state index in [0.717, 1.165) is 38.9 Å². The average Bonchev–Trinajstić information content (AvgIpc) is 2.89. The van der Waals surface area contributed by atoms with Crippen LogP contribution in [0, 0.1) is 0 Å². The molecule has 0 radical (unpaired) electrons. The van der Waals surface area contributed by atoms with E-state index in [-0.39, 0.29) is 18.7 Å². The van der Waals surface area contributed by atoms with Crippen LogP contribution in [0.4, 0.5) is 0 Å². The smallest absolute Gasteiger partial charge is 0.305 e. The maximum Gasteiger partial charge on any atom is 0.305 e. The molecule has 0 aliphatic carbocycles. The summed E-state index contributed by atoms with van der Waals surface area (Å²) in [6.45, 7) is 4.29. The second-order valence-electron chi connectivity index (χ2n) is 10.5. The van der Waals surface area contributed by atoms with E-state index >= 15 is 0 Å². The monoisotopic (exact) mass is 514 g/mol. The molecule has 0 unspecified atom stereocenters. The zero-order chi connectivity index (χ0) is 26.4. The Labute approximate surface area is 224 Å². The van der Waals surface area contributed by atoms with Crippen LogP contribution < -0.4 is 0 Å². The molecule has 5 nitrogen and oxygen atoms in total. The number of methoxy groups -OCH3 is 1. The fraction of sp³-hybridized carbons (Fsp3) is 0.968. The molecule has 0 aromatic carbocycles. The van der Waals surface area contributed by atoms with E-state index in [1.807, 2.05) is 0 Å². The zero-order valence-electron chi connectivity index (χ0n) is 24.2. The molecule has 1 N–H and O–H groups in total. The first-order chi connectivity index (χ1) is 17.7. The first-order valence-electron chi connectivity index (χ1n) is 15.6. The van der Waals surface area contributed by atoms with Crippen LogP contribution in [-0.4, -0.2) is 50.7 Å². The first kappa shape index (κ1) is 35.4. The van der Waals surface area contributed by atoms with Crippen molar-refractivity contribution in [3.05, 3.63) is 0 Å². The van der Waals surface area contributed by atoms with Gasteiger partial charge in [0.15, 0.2) is 0 Å². The van der Waals surface area contributed by atoms with Gasteiger partial charge in [0, 0.05) is 19.6 Å². The van der Waals surface area contributed by atoms with Crippen molar-refractivity contribution in [1.29, 1.82) is 0 Å². The van der Waals surface area contributed by atoms with Crippen LogP contribution in [0.15, 0.2) is 0 Å². The molecule has 0 spiro atoms. The number of unbranched alkanes of at least 4 members (excludes halogenated alkanes) is 20. The average molecular weight is 515 g/mol. The lowest BCUT2D eigenvalue weighted by Crippen LogP contribution is -2.24. The van der Waals surface area contributed by atoms with Crippen molar-refractivity contribution in [3.63, 3.8) is 0 Å². The Morgan fingerprint density at radius 2 is 1.03 bits per heavy atom. The molecule has 0 aliphatic heterocycles. The van der Waals surface area contributed by atoms with E-state index in [0.29, 0.717) is 13.0 Å². The number of hydrogen-bond acceptors (Lipinski definition) is 5. The van der Waals surface area contributed by atoms with Gasteiger partial charge < -0.3 is 19.3 Å². The highest BCUT2D eigenvalue weighted by molar-refractivity contribution is 5.68. The number of esters is 1. The van der Waals surface area contributed by atoms with Crippen LogP contribution >= 0.6 is 0 Å². The summed E-state index contributed by atoms with van der Waals surface area (Å²) in [5.41, 5.74) is 0. The Morgan fingerprint density at radius 1 is 0.611 bits per heavy atom. The predicted molar refractivity (Wildman–Crippen MR) is 152 cm³/mol. The first-order valence-corrected chi connectivity index (χ1v) is 15.6.